The van der Waals surface area contributed by atoms with Crippen molar-refractivity contribution in [3.63, 3.8) is 0 Å². The molecule has 1 atom stereocenters. The van der Waals surface area contributed by atoms with Crippen LogP contribution in [0.2, 0.25) is 0 Å². The van der Waals surface area contributed by atoms with Gasteiger partial charge in [0.05, 0.1) is 0 Å². The third kappa shape index (κ3) is 6.71. The lowest BCUT2D eigenvalue weighted by Crippen LogP contribution is -2.37. The molecular formula is C25H33ClN2O4. The lowest BCUT2D eigenvalue weighted by molar-refractivity contribution is -0.156. The lowest BCUT2D eigenvalue weighted by atomic mass is 9.98. The summed E-state index contributed by atoms with van der Waals surface area (Å²) in [5, 5.41) is 2.78. The highest BCUT2D eigenvalue weighted by Gasteiger charge is 2.29. The largest absolute Gasteiger partial charge is 0.459 e. The number of ether oxygens (including phenoxy) is 2. The van der Waals surface area contributed by atoms with Crippen LogP contribution in [0.5, 0.6) is 0 Å². The molecule has 0 spiro atoms. The summed E-state index contributed by atoms with van der Waals surface area (Å²) in [4.78, 5) is 24.0. The lowest BCUT2D eigenvalue weighted by Gasteiger charge is -2.22. The van der Waals surface area contributed by atoms with Crippen LogP contribution in [-0.4, -0.2) is 36.9 Å². The zero-order valence-corrected chi connectivity index (χ0v) is 19.7. The minimum Gasteiger partial charge on any atom is -0.459 e. The Labute approximate surface area is 196 Å². The Morgan fingerprint density at radius 1 is 1.00 bits per heavy atom. The summed E-state index contributed by atoms with van der Waals surface area (Å²) in [5.41, 5.74) is 10.1. The molecule has 1 aliphatic rings. The maximum absolute atomic E-state index is 12.2. The second-order valence-electron chi connectivity index (χ2n) is 8.89. The van der Waals surface area contributed by atoms with E-state index in [1.807, 2.05) is 45.0 Å². The number of nitrogens with two attached hydrogens (primary N) is 1. The van der Waals surface area contributed by atoms with Crippen LogP contribution in [0.15, 0.2) is 48.5 Å². The molecule has 0 aromatic heterocycles. The number of rotatable bonds is 8. The van der Waals surface area contributed by atoms with Gasteiger partial charge in [0.2, 0.25) is 0 Å². The molecule has 1 aliphatic carbocycles. The van der Waals surface area contributed by atoms with Crippen LogP contribution >= 0.6 is 12.4 Å². The van der Waals surface area contributed by atoms with Crippen molar-refractivity contribution in [2.45, 2.75) is 57.6 Å². The van der Waals surface area contributed by atoms with Crippen molar-refractivity contribution in [1.82, 2.24) is 5.32 Å². The molecular weight excluding hydrogens is 428 g/mol. The van der Waals surface area contributed by atoms with Gasteiger partial charge in [0, 0.05) is 12.5 Å². The molecule has 0 aliphatic heterocycles. The Balaban J connectivity index is 0.00000363. The van der Waals surface area contributed by atoms with E-state index in [0.717, 1.165) is 0 Å². The third-order valence-electron chi connectivity index (χ3n) is 5.26. The van der Waals surface area contributed by atoms with E-state index in [9.17, 15) is 9.59 Å². The Bertz CT molecular complexity index is 881. The molecule has 1 unspecified atom stereocenters. The molecule has 0 bridgehead atoms. The molecule has 32 heavy (non-hydrogen) atoms. The average molecular weight is 461 g/mol. The summed E-state index contributed by atoms with van der Waals surface area (Å²) < 4.78 is 10.8. The first-order valence-corrected chi connectivity index (χ1v) is 10.8. The normalized spacial score (nSPS) is 13.4. The average Bonchev–Trinajstić information content (AvgIpc) is 3.04. The summed E-state index contributed by atoms with van der Waals surface area (Å²) in [5.74, 6) is -0.345. The minimum absolute atomic E-state index is 0. The molecule has 0 saturated heterocycles. The molecule has 1 amide bonds. The van der Waals surface area contributed by atoms with Crippen LogP contribution in [0.4, 0.5) is 4.79 Å². The Morgan fingerprint density at radius 2 is 1.56 bits per heavy atom. The molecule has 0 heterocycles. The summed E-state index contributed by atoms with van der Waals surface area (Å²) in [7, 11) is 0. The number of esters is 1. The monoisotopic (exact) mass is 460 g/mol. The second-order valence-corrected chi connectivity index (χ2v) is 8.89. The van der Waals surface area contributed by atoms with Gasteiger partial charge in [-0.2, -0.15) is 0 Å². The molecule has 3 rings (SSSR count). The number of fused-ring (bicyclic) bond motifs is 3. The van der Waals surface area contributed by atoms with E-state index >= 15 is 0 Å². The van der Waals surface area contributed by atoms with Gasteiger partial charge < -0.3 is 20.5 Å². The highest BCUT2D eigenvalue weighted by Crippen LogP contribution is 2.44. The van der Waals surface area contributed by atoms with E-state index in [0.29, 0.717) is 32.4 Å². The van der Waals surface area contributed by atoms with E-state index in [1.54, 1.807) is 0 Å². The van der Waals surface area contributed by atoms with Crippen molar-refractivity contribution < 1.29 is 19.1 Å². The Morgan fingerprint density at radius 3 is 2.12 bits per heavy atom. The number of nitrogens with one attached hydrogen (secondary N) is 1. The predicted molar refractivity (Wildman–Crippen MR) is 128 cm³/mol. The first-order valence-electron chi connectivity index (χ1n) is 10.8. The van der Waals surface area contributed by atoms with Crippen molar-refractivity contribution in [3.05, 3.63) is 59.7 Å². The van der Waals surface area contributed by atoms with Crippen LogP contribution in [0.25, 0.3) is 11.1 Å². The third-order valence-corrected chi connectivity index (χ3v) is 5.26. The van der Waals surface area contributed by atoms with Gasteiger partial charge in [-0.15, -0.1) is 12.4 Å². The van der Waals surface area contributed by atoms with Crippen molar-refractivity contribution in [3.8, 4) is 11.1 Å². The fourth-order valence-electron chi connectivity index (χ4n) is 3.82. The van der Waals surface area contributed by atoms with Crippen LogP contribution in [-0.2, 0) is 14.3 Å². The van der Waals surface area contributed by atoms with Crippen molar-refractivity contribution >= 4 is 24.5 Å². The van der Waals surface area contributed by atoms with E-state index in [-0.39, 0.29) is 18.3 Å². The first-order chi connectivity index (χ1) is 14.8. The van der Waals surface area contributed by atoms with Gasteiger partial charge in [-0.25, -0.2) is 4.79 Å². The minimum atomic E-state index is -0.645. The van der Waals surface area contributed by atoms with Gasteiger partial charge in [0.15, 0.2) is 0 Å². The van der Waals surface area contributed by atoms with Gasteiger partial charge >= 0.3 is 12.1 Å². The fourth-order valence-corrected chi connectivity index (χ4v) is 3.82. The number of amides is 1. The van der Waals surface area contributed by atoms with Gasteiger partial charge in [0.25, 0.3) is 0 Å². The molecule has 174 valence electrons. The SMILES string of the molecule is CC(C)(C)OC(=O)C(N)CCCCNC(=O)OCC1c2ccccc2-c2ccccc21.Cl. The molecule has 0 saturated carbocycles. The number of unbranched alkanes of at least 4 members (excludes halogenated alkanes) is 1. The van der Waals surface area contributed by atoms with E-state index < -0.39 is 23.7 Å². The second kappa shape index (κ2) is 11.3. The fraction of sp³-hybridized carbons (Fsp3) is 0.440. The topological polar surface area (TPSA) is 90.6 Å². The number of carbonyl (C=O) groups is 2. The van der Waals surface area contributed by atoms with Crippen molar-refractivity contribution in [2.75, 3.05) is 13.2 Å². The summed E-state index contributed by atoms with van der Waals surface area (Å²) in [6.45, 7) is 6.21. The maximum atomic E-state index is 12.2. The van der Waals surface area contributed by atoms with Gasteiger partial charge in [0.1, 0.15) is 18.2 Å². The van der Waals surface area contributed by atoms with Crippen LogP contribution in [0.1, 0.15) is 57.1 Å². The molecule has 2 aromatic rings. The molecule has 2 aromatic carbocycles. The van der Waals surface area contributed by atoms with Crippen molar-refractivity contribution in [2.24, 2.45) is 5.73 Å². The molecule has 3 N–H and O–H groups in total. The van der Waals surface area contributed by atoms with Crippen LogP contribution < -0.4 is 11.1 Å². The quantitative estimate of drug-likeness (QED) is 0.436. The number of hydrogen-bond acceptors (Lipinski definition) is 5. The van der Waals surface area contributed by atoms with Crippen LogP contribution in [0, 0.1) is 0 Å². The van der Waals surface area contributed by atoms with E-state index in [2.05, 4.69) is 29.6 Å². The van der Waals surface area contributed by atoms with Crippen molar-refractivity contribution in [1.29, 1.82) is 0 Å². The zero-order valence-electron chi connectivity index (χ0n) is 18.9. The number of benzene rings is 2. The summed E-state index contributed by atoms with van der Waals surface area (Å²) >= 11 is 0. The number of hydrogen-bond donors (Lipinski definition) is 2. The Kier molecular flexibility index (Phi) is 9.10. The molecule has 0 radical (unpaired) electrons. The number of carbonyl (C=O) groups excluding carboxylic acids is 2. The van der Waals surface area contributed by atoms with Gasteiger partial charge in [-0.3, -0.25) is 4.79 Å². The highest BCUT2D eigenvalue weighted by molar-refractivity contribution is 5.85. The standard InChI is InChI=1S/C25H32N2O4.ClH/c1-25(2,3)31-23(28)22(26)14-8-9-15-27-24(29)30-16-21-19-12-6-4-10-17(19)18-11-5-7-13-20(18)21;/h4-7,10-13,21-22H,8-9,14-16,26H2,1-3H3,(H,27,29);1H. The first kappa shape index (κ1) is 25.7. The predicted octanol–water partition coefficient (Wildman–Crippen LogP) is 4.79. The smallest absolute Gasteiger partial charge is 0.407 e. The molecule has 6 nitrogen and oxygen atoms in total. The summed E-state index contributed by atoms with van der Waals surface area (Å²) in [6, 6.07) is 15.8. The van der Waals surface area contributed by atoms with E-state index in [4.69, 9.17) is 15.2 Å². The number of halogens is 1. The Hall–Kier alpha value is -2.57. The number of alkyl carbamates (subject to hydrolysis) is 1. The van der Waals surface area contributed by atoms with Gasteiger partial charge in [-0.1, -0.05) is 48.5 Å². The zero-order chi connectivity index (χ0) is 22.4. The highest BCUT2D eigenvalue weighted by atomic mass is 35.5. The summed E-state index contributed by atoms with van der Waals surface area (Å²) in [6.07, 6.45) is 1.50. The molecule has 7 heteroatoms. The molecule has 0 fully saturated rings. The van der Waals surface area contributed by atoms with Crippen LogP contribution in [0.3, 0.4) is 0 Å². The van der Waals surface area contributed by atoms with E-state index in [1.165, 1.54) is 22.3 Å². The maximum Gasteiger partial charge on any atom is 0.407 e. The van der Waals surface area contributed by atoms with Gasteiger partial charge in [-0.05, 0) is 62.3 Å².